The topological polar surface area (TPSA) is 112 Å². The monoisotopic (exact) mass is 265 g/mol. The molecule has 0 radical (unpaired) electrons. The molecule has 0 saturated heterocycles. The Morgan fingerprint density at radius 1 is 1.53 bits per heavy atom. The normalized spacial score (nSPS) is 10.4. The molecule has 1 heterocycles. The molecule has 0 unspecified atom stereocenters. The van der Waals surface area contributed by atoms with Gasteiger partial charge in [0.05, 0.1) is 11.5 Å². The maximum Gasteiger partial charge on any atom is 0.311 e. The Morgan fingerprint density at radius 3 is 2.89 bits per heavy atom. The number of nitro benzene ring substituents is 1. The van der Waals surface area contributed by atoms with Gasteiger partial charge in [0.2, 0.25) is 11.7 Å². The van der Waals surface area contributed by atoms with Crippen molar-refractivity contribution in [1.29, 1.82) is 0 Å². The summed E-state index contributed by atoms with van der Waals surface area (Å²) in [5.74, 6) is 0.784. The van der Waals surface area contributed by atoms with E-state index in [1.165, 1.54) is 12.1 Å². The molecule has 19 heavy (non-hydrogen) atoms. The number of ether oxygens (including phenoxy) is 1. The first-order valence-corrected chi connectivity index (χ1v) is 5.40. The molecule has 8 heteroatoms. The molecule has 2 aromatic rings. The third-order valence-corrected chi connectivity index (χ3v) is 2.33. The van der Waals surface area contributed by atoms with Crippen molar-refractivity contribution in [3.05, 3.63) is 45.6 Å². The predicted molar refractivity (Wildman–Crippen MR) is 62.4 cm³/mol. The van der Waals surface area contributed by atoms with E-state index in [4.69, 9.17) is 14.4 Å². The summed E-state index contributed by atoms with van der Waals surface area (Å²) in [6.45, 7) is 1.33. The minimum Gasteiger partial charge on any atom is -0.478 e. The molecule has 0 spiro atoms. The van der Waals surface area contributed by atoms with E-state index in [2.05, 4.69) is 10.1 Å². The van der Waals surface area contributed by atoms with Gasteiger partial charge in [-0.15, -0.1) is 0 Å². The zero-order valence-electron chi connectivity index (χ0n) is 10.1. The average Bonchev–Trinajstić information content (AvgIpc) is 2.82. The van der Waals surface area contributed by atoms with Crippen LogP contribution in [0.15, 0.2) is 22.7 Å². The van der Waals surface area contributed by atoms with Gasteiger partial charge in [-0.25, -0.2) is 0 Å². The minimum absolute atomic E-state index is 0.0311. The molecule has 0 aliphatic heterocycles. The van der Waals surface area contributed by atoms with Gasteiger partial charge >= 0.3 is 5.69 Å². The number of aliphatic hydroxyl groups is 1. The van der Waals surface area contributed by atoms with Crippen molar-refractivity contribution in [1.82, 2.24) is 10.1 Å². The van der Waals surface area contributed by atoms with E-state index in [0.717, 1.165) is 0 Å². The molecule has 0 bridgehead atoms. The van der Waals surface area contributed by atoms with Crippen LogP contribution in [0.1, 0.15) is 17.3 Å². The zero-order valence-corrected chi connectivity index (χ0v) is 10.1. The fraction of sp³-hybridized carbons (Fsp3) is 0.273. The van der Waals surface area contributed by atoms with Gasteiger partial charge < -0.3 is 14.4 Å². The van der Waals surface area contributed by atoms with Crippen molar-refractivity contribution in [3.8, 4) is 5.75 Å². The van der Waals surface area contributed by atoms with Gasteiger partial charge in [0.25, 0.3) is 0 Å². The Labute approximate surface area is 107 Å². The summed E-state index contributed by atoms with van der Waals surface area (Å²) in [7, 11) is 0. The lowest BCUT2D eigenvalue weighted by Gasteiger charge is -2.05. The molecule has 0 aliphatic rings. The summed E-state index contributed by atoms with van der Waals surface area (Å²) in [4.78, 5) is 14.2. The van der Waals surface area contributed by atoms with Crippen molar-refractivity contribution in [2.45, 2.75) is 20.1 Å². The lowest BCUT2D eigenvalue weighted by molar-refractivity contribution is -0.386. The summed E-state index contributed by atoms with van der Waals surface area (Å²) < 4.78 is 10.0. The van der Waals surface area contributed by atoms with E-state index < -0.39 is 4.92 Å². The molecule has 1 aromatic heterocycles. The largest absolute Gasteiger partial charge is 0.478 e. The summed E-state index contributed by atoms with van der Waals surface area (Å²) in [6.07, 6.45) is 0. The van der Waals surface area contributed by atoms with Crippen molar-refractivity contribution in [3.63, 3.8) is 0 Å². The van der Waals surface area contributed by atoms with Gasteiger partial charge in [-0.05, 0) is 11.6 Å². The molecule has 8 nitrogen and oxygen atoms in total. The number of aliphatic hydroxyl groups excluding tert-OH is 1. The Bertz CT molecular complexity index is 596. The first-order chi connectivity index (χ1) is 9.10. The fourth-order valence-electron chi connectivity index (χ4n) is 1.47. The Kier molecular flexibility index (Phi) is 3.71. The maximum absolute atomic E-state index is 10.9. The highest BCUT2D eigenvalue weighted by molar-refractivity contribution is 5.48. The maximum atomic E-state index is 10.9. The summed E-state index contributed by atoms with van der Waals surface area (Å²) in [5, 5.41) is 23.5. The number of hydrogen-bond acceptors (Lipinski definition) is 7. The van der Waals surface area contributed by atoms with Crippen LogP contribution in [0.3, 0.4) is 0 Å². The van der Waals surface area contributed by atoms with Crippen LogP contribution in [-0.2, 0) is 13.2 Å². The van der Waals surface area contributed by atoms with Crippen LogP contribution in [-0.4, -0.2) is 20.2 Å². The molecule has 0 aliphatic carbocycles. The second kappa shape index (κ2) is 5.44. The molecule has 0 amide bonds. The van der Waals surface area contributed by atoms with Crippen molar-refractivity contribution in [2.24, 2.45) is 0 Å². The summed E-state index contributed by atoms with van der Waals surface area (Å²) in [5.41, 5.74) is 0.223. The van der Waals surface area contributed by atoms with Gasteiger partial charge in [-0.3, -0.25) is 10.1 Å². The molecule has 1 aromatic carbocycles. The highest BCUT2D eigenvalue weighted by atomic mass is 16.6. The molecule has 2 rings (SSSR count). The Hall–Kier alpha value is -2.48. The van der Waals surface area contributed by atoms with Crippen LogP contribution < -0.4 is 4.74 Å². The van der Waals surface area contributed by atoms with Gasteiger partial charge in [0.1, 0.15) is 0 Å². The van der Waals surface area contributed by atoms with E-state index in [9.17, 15) is 10.1 Å². The number of nitro groups is 1. The molecule has 100 valence electrons. The summed E-state index contributed by atoms with van der Waals surface area (Å²) in [6, 6.07) is 4.23. The number of hydrogen-bond donors (Lipinski definition) is 1. The van der Waals surface area contributed by atoms with Crippen LogP contribution in [0.4, 0.5) is 5.69 Å². The van der Waals surface area contributed by atoms with Crippen LogP contribution >= 0.6 is 0 Å². The third kappa shape index (κ3) is 3.05. The van der Waals surface area contributed by atoms with Gasteiger partial charge in [-0.1, -0.05) is 11.2 Å². The third-order valence-electron chi connectivity index (χ3n) is 2.33. The highest BCUT2D eigenvalue weighted by Gasteiger charge is 2.16. The Morgan fingerprint density at radius 2 is 2.32 bits per heavy atom. The average molecular weight is 265 g/mol. The first-order valence-electron chi connectivity index (χ1n) is 5.40. The zero-order chi connectivity index (χ0) is 13.8. The molecular formula is C11H11N3O5. The lowest BCUT2D eigenvalue weighted by atomic mass is 10.2. The second-order valence-electron chi connectivity index (χ2n) is 3.74. The van der Waals surface area contributed by atoms with Crippen molar-refractivity contribution in [2.75, 3.05) is 0 Å². The van der Waals surface area contributed by atoms with E-state index in [0.29, 0.717) is 17.3 Å². The van der Waals surface area contributed by atoms with Crippen molar-refractivity contribution >= 4 is 5.69 Å². The number of aryl methyl sites for hydroxylation is 1. The molecule has 1 N–H and O–H groups in total. The molecular weight excluding hydrogens is 254 g/mol. The van der Waals surface area contributed by atoms with Gasteiger partial charge in [0.15, 0.2) is 12.4 Å². The highest BCUT2D eigenvalue weighted by Crippen LogP contribution is 2.28. The van der Waals surface area contributed by atoms with Gasteiger partial charge in [0, 0.05) is 13.0 Å². The lowest BCUT2D eigenvalue weighted by Crippen LogP contribution is -2.01. The fourth-order valence-corrected chi connectivity index (χ4v) is 1.47. The van der Waals surface area contributed by atoms with Crippen LogP contribution in [0.2, 0.25) is 0 Å². The van der Waals surface area contributed by atoms with E-state index in [1.54, 1.807) is 13.0 Å². The van der Waals surface area contributed by atoms with Crippen LogP contribution in [0.25, 0.3) is 0 Å². The predicted octanol–water partition coefficient (Wildman–Crippen LogP) is 1.36. The standard InChI is InChI=1S/C11H11N3O5/c1-7-12-11(13-19-7)6-18-10-3-2-8(5-15)4-9(10)14(16)17/h2-4,15H,5-6H2,1H3. The minimum atomic E-state index is -0.573. The second-order valence-corrected chi connectivity index (χ2v) is 3.74. The number of aromatic nitrogens is 2. The molecule has 0 fully saturated rings. The smallest absolute Gasteiger partial charge is 0.311 e. The van der Waals surface area contributed by atoms with Crippen molar-refractivity contribution < 1.29 is 19.3 Å². The first kappa shape index (κ1) is 13.0. The quantitative estimate of drug-likeness (QED) is 0.641. The SMILES string of the molecule is Cc1nc(COc2ccc(CO)cc2[N+](=O)[O-])no1. The summed E-state index contributed by atoms with van der Waals surface area (Å²) >= 11 is 0. The van der Waals surface area contributed by atoms with Crippen LogP contribution in [0, 0.1) is 17.0 Å². The van der Waals surface area contributed by atoms with E-state index in [-0.39, 0.29) is 24.7 Å². The van der Waals surface area contributed by atoms with E-state index >= 15 is 0 Å². The number of benzene rings is 1. The molecule has 0 saturated carbocycles. The van der Waals surface area contributed by atoms with Crippen LogP contribution in [0.5, 0.6) is 5.75 Å². The van der Waals surface area contributed by atoms with E-state index in [1.807, 2.05) is 0 Å². The van der Waals surface area contributed by atoms with Gasteiger partial charge in [-0.2, -0.15) is 4.98 Å². The molecule has 0 atom stereocenters. The number of nitrogens with zero attached hydrogens (tertiary/aromatic N) is 3. The Balaban J connectivity index is 2.17. The number of rotatable bonds is 5.